The summed E-state index contributed by atoms with van der Waals surface area (Å²) in [5.74, 6) is 1.44. The summed E-state index contributed by atoms with van der Waals surface area (Å²) in [7, 11) is 0. The van der Waals surface area contributed by atoms with Gasteiger partial charge in [0.2, 0.25) is 0 Å². The molecule has 0 aliphatic rings. The molecule has 1 aromatic rings. The van der Waals surface area contributed by atoms with E-state index >= 15 is 0 Å². The number of hydrogen-bond donors (Lipinski definition) is 1. The topological polar surface area (TPSA) is 34.2 Å². The van der Waals surface area contributed by atoms with Gasteiger partial charge in [0.25, 0.3) is 0 Å². The van der Waals surface area contributed by atoms with Crippen LogP contribution in [0.15, 0.2) is 18.5 Å². The number of rotatable bonds is 6. The molecule has 1 aromatic heterocycles. The van der Waals surface area contributed by atoms with Crippen LogP contribution in [0.4, 0.5) is 0 Å². The Morgan fingerprint density at radius 1 is 1.21 bits per heavy atom. The maximum Gasteiger partial charge on any atom is 0.138 e. The lowest BCUT2D eigenvalue weighted by atomic mass is 10.0. The van der Waals surface area contributed by atoms with Crippen LogP contribution in [-0.2, 0) is 6.42 Å². The number of hydrogen-bond acceptors (Lipinski definition) is 3. The fourth-order valence-corrected chi connectivity index (χ4v) is 1.87. The van der Waals surface area contributed by atoms with Gasteiger partial charge in [0.1, 0.15) is 5.75 Å². The predicted molar refractivity (Wildman–Crippen MR) is 80.6 cm³/mol. The molecule has 0 spiro atoms. The van der Waals surface area contributed by atoms with Crippen molar-refractivity contribution in [3.8, 4) is 5.75 Å². The van der Waals surface area contributed by atoms with Crippen LogP contribution in [0.1, 0.15) is 47.1 Å². The minimum Gasteiger partial charge on any atom is -0.489 e. The molecule has 3 heteroatoms. The molecule has 0 aromatic carbocycles. The molecule has 0 aliphatic heterocycles. The van der Waals surface area contributed by atoms with E-state index in [2.05, 4.69) is 44.1 Å². The van der Waals surface area contributed by atoms with E-state index in [1.807, 2.05) is 20.0 Å². The Bertz CT molecular complexity index is 383. The third-order valence-corrected chi connectivity index (χ3v) is 2.71. The zero-order valence-electron chi connectivity index (χ0n) is 13.2. The highest BCUT2D eigenvalue weighted by atomic mass is 16.5. The quantitative estimate of drug-likeness (QED) is 0.854. The molecule has 1 N–H and O–H groups in total. The van der Waals surface area contributed by atoms with Gasteiger partial charge in [0.15, 0.2) is 0 Å². The van der Waals surface area contributed by atoms with Gasteiger partial charge in [-0.05, 0) is 65.1 Å². The standard InChI is InChI=1S/C16H28N2O/c1-12(2)19-15-8-14(10-17-11-15)7-13(3)9-18-16(4,5)6/h8,10-13,18H,7,9H2,1-6H3. The lowest BCUT2D eigenvalue weighted by Gasteiger charge is -2.23. The van der Waals surface area contributed by atoms with Gasteiger partial charge in [0.05, 0.1) is 12.3 Å². The largest absolute Gasteiger partial charge is 0.489 e. The Morgan fingerprint density at radius 2 is 1.89 bits per heavy atom. The van der Waals surface area contributed by atoms with Gasteiger partial charge in [0, 0.05) is 11.7 Å². The number of ether oxygens (including phenoxy) is 1. The minimum atomic E-state index is 0.176. The van der Waals surface area contributed by atoms with E-state index in [9.17, 15) is 0 Å². The third kappa shape index (κ3) is 7.16. The molecule has 0 saturated heterocycles. The molecule has 0 bridgehead atoms. The maximum atomic E-state index is 5.67. The van der Waals surface area contributed by atoms with Crippen LogP contribution < -0.4 is 10.1 Å². The molecule has 1 heterocycles. The summed E-state index contributed by atoms with van der Waals surface area (Å²) in [6.07, 6.45) is 4.92. The van der Waals surface area contributed by atoms with Crippen molar-refractivity contribution >= 4 is 0 Å². The average Bonchev–Trinajstić information content (AvgIpc) is 2.25. The summed E-state index contributed by atoms with van der Waals surface area (Å²) >= 11 is 0. The fourth-order valence-electron chi connectivity index (χ4n) is 1.87. The highest BCUT2D eigenvalue weighted by molar-refractivity contribution is 5.24. The monoisotopic (exact) mass is 264 g/mol. The fraction of sp³-hybridized carbons (Fsp3) is 0.688. The lowest BCUT2D eigenvalue weighted by Crippen LogP contribution is -2.39. The molecule has 0 radical (unpaired) electrons. The molecule has 0 saturated carbocycles. The number of aromatic nitrogens is 1. The summed E-state index contributed by atoms with van der Waals surface area (Å²) in [5, 5.41) is 3.54. The van der Waals surface area contributed by atoms with Gasteiger partial charge in [-0.2, -0.15) is 0 Å². The minimum absolute atomic E-state index is 0.176. The molecule has 0 aliphatic carbocycles. The molecule has 0 fully saturated rings. The Morgan fingerprint density at radius 3 is 2.47 bits per heavy atom. The molecule has 1 atom stereocenters. The SMILES string of the molecule is CC(CNC(C)(C)C)Cc1cncc(OC(C)C)c1. The van der Waals surface area contributed by atoms with Gasteiger partial charge in [-0.25, -0.2) is 0 Å². The van der Waals surface area contributed by atoms with Crippen molar-refractivity contribution in [1.29, 1.82) is 0 Å². The summed E-state index contributed by atoms with van der Waals surface area (Å²) < 4.78 is 5.67. The van der Waals surface area contributed by atoms with Gasteiger partial charge >= 0.3 is 0 Å². The van der Waals surface area contributed by atoms with Crippen LogP contribution in [0.3, 0.4) is 0 Å². The van der Waals surface area contributed by atoms with Crippen molar-refractivity contribution < 1.29 is 4.74 Å². The van der Waals surface area contributed by atoms with Crippen LogP contribution in [0, 0.1) is 5.92 Å². The Kier molecular flexibility index (Phi) is 5.80. The first-order chi connectivity index (χ1) is 8.76. The predicted octanol–water partition coefficient (Wildman–Crippen LogP) is 3.44. The zero-order valence-corrected chi connectivity index (χ0v) is 13.2. The average molecular weight is 264 g/mol. The molecule has 19 heavy (non-hydrogen) atoms. The van der Waals surface area contributed by atoms with E-state index in [-0.39, 0.29) is 11.6 Å². The van der Waals surface area contributed by atoms with Crippen LogP contribution in [-0.4, -0.2) is 23.2 Å². The van der Waals surface area contributed by atoms with Crippen LogP contribution in [0.2, 0.25) is 0 Å². The Labute approximate surface area is 117 Å². The van der Waals surface area contributed by atoms with Crippen LogP contribution in [0.25, 0.3) is 0 Å². The van der Waals surface area contributed by atoms with E-state index in [1.54, 1.807) is 6.20 Å². The molecule has 108 valence electrons. The maximum absolute atomic E-state index is 5.67. The van der Waals surface area contributed by atoms with E-state index in [1.165, 1.54) is 5.56 Å². The van der Waals surface area contributed by atoms with Crippen molar-refractivity contribution in [2.75, 3.05) is 6.54 Å². The van der Waals surface area contributed by atoms with E-state index in [0.717, 1.165) is 18.7 Å². The summed E-state index contributed by atoms with van der Waals surface area (Å²) in [6.45, 7) is 13.9. The number of pyridine rings is 1. The van der Waals surface area contributed by atoms with Crippen molar-refractivity contribution in [3.05, 3.63) is 24.0 Å². The van der Waals surface area contributed by atoms with Crippen molar-refractivity contribution in [1.82, 2.24) is 10.3 Å². The highest BCUT2D eigenvalue weighted by Crippen LogP contribution is 2.16. The molecule has 3 nitrogen and oxygen atoms in total. The Hall–Kier alpha value is -1.09. The second-order valence-corrected chi connectivity index (χ2v) is 6.64. The first kappa shape index (κ1) is 16.0. The van der Waals surface area contributed by atoms with E-state index in [4.69, 9.17) is 4.74 Å². The summed E-state index contributed by atoms with van der Waals surface area (Å²) in [4.78, 5) is 4.25. The normalized spacial score (nSPS) is 13.6. The van der Waals surface area contributed by atoms with Crippen LogP contribution in [0.5, 0.6) is 5.75 Å². The molecule has 1 unspecified atom stereocenters. The van der Waals surface area contributed by atoms with E-state index in [0.29, 0.717) is 5.92 Å². The van der Waals surface area contributed by atoms with Crippen molar-refractivity contribution in [2.45, 2.75) is 59.6 Å². The lowest BCUT2D eigenvalue weighted by molar-refractivity contribution is 0.241. The molecule has 0 amide bonds. The Balaban J connectivity index is 2.52. The third-order valence-electron chi connectivity index (χ3n) is 2.71. The number of nitrogens with zero attached hydrogens (tertiary/aromatic N) is 1. The van der Waals surface area contributed by atoms with Crippen molar-refractivity contribution in [2.24, 2.45) is 5.92 Å². The number of nitrogens with one attached hydrogen (secondary N) is 1. The smallest absolute Gasteiger partial charge is 0.138 e. The highest BCUT2D eigenvalue weighted by Gasteiger charge is 2.12. The van der Waals surface area contributed by atoms with Crippen LogP contribution >= 0.6 is 0 Å². The van der Waals surface area contributed by atoms with Gasteiger partial charge in [-0.15, -0.1) is 0 Å². The van der Waals surface area contributed by atoms with E-state index < -0.39 is 0 Å². The first-order valence-electron chi connectivity index (χ1n) is 7.12. The summed E-state index contributed by atoms with van der Waals surface area (Å²) in [5.41, 5.74) is 1.41. The van der Waals surface area contributed by atoms with Gasteiger partial charge in [-0.3, -0.25) is 4.98 Å². The molecule has 1 rings (SSSR count). The van der Waals surface area contributed by atoms with Gasteiger partial charge in [-0.1, -0.05) is 6.92 Å². The first-order valence-corrected chi connectivity index (χ1v) is 7.12. The second-order valence-electron chi connectivity index (χ2n) is 6.64. The zero-order chi connectivity index (χ0) is 14.5. The molecular formula is C16H28N2O. The van der Waals surface area contributed by atoms with Crippen molar-refractivity contribution in [3.63, 3.8) is 0 Å². The second kappa shape index (κ2) is 6.90. The summed E-state index contributed by atoms with van der Waals surface area (Å²) in [6, 6.07) is 2.10. The molecular weight excluding hydrogens is 236 g/mol. The van der Waals surface area contributed by atoms with Gasteiger partial charge < -0.3 is 10.1 Å².